The lowest BCUT2D eigenvalue weighted by molar-refractivity contribution is 0.414. The molecule has 0 amide bonds. The highest BCUT2D eigenvalue weighted by atomic mass is 32.2. The van der Waals surface area contributed by atoms with Gasteiger partial charge in [0.25, 0.3) is 0 Å². The molecule has 1 rings (SSSR count). The fourth-order valence-electron chi connectivity index (χ4n) is 0.882. The first-order valence-corrected chi connectivity index (χ1v) is 4.77. The molecule has 0 bridgehead atoms. The van der Waals surface area contributed by atoms with Crippen LogP contribution in [0.5, 0.6) is 5.75 Å². The van der Waals surface area contributed by atoms with Crippen molar-refractivity contribution in [3.05, 3.63) is 29.8 Å². The molecule has 12 heavy (non-hydrogen) atoms. The number of benzene rings is 1. The molecule has 0 aliphatic heterocycles. The Labute approximate surface area is 76.4 Å². The minimum Gasteiger partial charge on any atom is -0.497 e. The third kappa shape index (κ3) is 2.01. The summed E-state index contributed by atoms with van der Waals surface area (Å²) in [6.45, 7) is 0. The normalized spacial score (nSPS) is 9.50. The first kappa shape index (κ1) is 9.13. The maximum absolute atomic E-state index is 7.56. The van der Waals surface area contributed by atoms with Crippen molar-refractivity contribution in [3.8, 4) is 5.75 Å². The van der Waals surface area contributed by atoms with E-state index in [9.17, 15) is 0 Å². The molecule has 0 aliphatic rings. The Kier molecular flexibility index (Phi) is 3.17. The van der Waals surface area contributed by atoms with E-state index < -0.39 is 0 Å². The van der Waals surface area contributed by atoms with E-state index >= 15 is 0 Å². The number of hydrogen-bond donors (Lipinski definition) is 1. The number of rotatable bonds is 2. The molecule has 2 nitrogen and oxygen atoms in total. The summed E-state index contributed by atoms with van der Waals surface area (Å²) in [7, 11) is 1.63. The average molecular weight is 181 g/mol. The Hall–Kier alpha value is -0.960. The van der Waals surface area contributed by atoms with Crippen LogP contribution in [0.15, 0.2) is 24.3 Å². The van der Waals surface area contributed by atoms with Crippen molar-refractivity contribution >= 4 is 16.8 Å². The molecule has 0 aliphatic carbocycles. The van der Waals surface area contributed by atoms with Gasteiger partial charge in [0, 0.05) is 5.56 Å². The number of thioether (sulfide) groups is 1. The molecular weight excluding hydrogens is 170 g/mol. The Morgan fingerprint density at radius 1 is 1.50 bits per heavy atom. The number of hydrogen-bond acceptors (Lipinski definition) is 3. The lowest BCUT2D eigenvalue weighted by atomic mass is 10.2. The maximum atomic E-state index is 7.56. The topological polar surface area (TPSA) is 33.1 Å². The van der Waals surface area contributed by atoms with Crippen molar-refractivity contribution in [2.45, 2.75) is 0 Å². The minimum absolute atomic E-state index is 0.564. The van der Waals surface area contributed by atoms with Crippen LogP contribution in [0.1, 0.15) is 5.56 Å². The molecule has 0 radical (unpaired) electrons. The van der Waals surface area contributed by atoms with Crippen LogP contribution in [0.2, 0.25) is 0 Å². The monoisotopic (exact) mass is 181 g/mol. The van der Waals surface area contributed by atoms with Gasteiger partial charge in [0.15, 0.2) is 0 Å². The third-order valence-corrected chi connectivity index (χ3v) is 2.18. The van der Waals surface area contributed by atoms with Gasteiger partial charge in [0.2, 0.25) is 0 Å². The molecule has 1 aromatic rings. The summed E-state index contributed by atoms with van der Waals surface area (Å²) in [5, 5.41) is 8.12. The number of ether oxygens (including phenoxy) is 1. The van der Waals surface area contributed by atoms with E-state index in [1.54, 1.807) is 7.11 Å². The van der Waals surface area contributed by atoms with Crippen LogP contribution in [0.3, 0.4) is 0 Å². The lowest BCUT2D eigenvalue weighted by Gasteiger charge is -2.02. The molecule has 1 N–H and O–H groups in total. The minimum atomic E-state index is 0.564. The van der Waals surface area contributed by atoms with Gasteiger partial charge < -0.3 is 4.74 Å². The van der Waals surface area contributed by atoms with Crippen LogP contribution >= 0.6 is 11.8 Å². The fourth-order valence-corrected chi connectivity index (χ4v) is 1.24. The highest BCUT2D eigenvalue weighted by Gasteiger charge is 1.99. The molecule has 1 aromatic carbocycles. The zero-order valence-corrected chi connectivity index (χ0v) is 7.94. The van der Waals surface area contributed by atoms with Crippen LogP contribution in [0.25, 0.3) is 0 Å². The second-order valence-corrected chi connectivity index (χ2v) is 3.08. The summed E-state index contributed by atoms with van der Waals surface area (Å²) in [5.41, 5.74) is 0.904. The molecule has 0 atom stereocenters. The first-order chi connectivity index (χ1) is 5.77. The van der Waals surface area contributed by atoms with Gasteiger partial charge in [0.05, 0.1) is 12.2 Å². The molecule has 3 heteroatoms. The van der Waals surface area contributed by atoms with Crippen molar-refractivity contribution in [3.63, 3.8) is 0 Å². The van der Waals surface area contributed by atoms with Gasteiger partial charge in [-0.2, -0.15) is 0 Å². The molecule has 0 spiro atoms. The summed E-state index contributed by atoms with van der Waals surface area (Å²) in [6, 6.07) is 7.52. The van der Waals surface area contributed by atoms with E-state index in [1.165, 1.54) is 11.8 Å². The summed E-state index contributed by atoms with van der Waals surface area (Å²) in [5.74, 6) is 0.798. The number of nitrogens with one attached hydrogen (secondary N) is 1. The van der Waals surface area contributed by atoms with Crippen LogP contribution < -0.4 is 4.74 Å². The fraction of sp³-hybridized carbons (Fsp3) is 0.222. The molecule has 0 aromatic heterocycles. The second-order valence-electron chi connectivity index (χ2n) is 2.27. The maximum Gasteiger partial charge on any atom is 0.119 e. The third-order valence-electron chi connectivity index (χ3n) is 1.54. The largest absolute Gasteiger partial charge is 0.497 e. The summed E-state index contributed by atoms with van der Waals surface area (Å²) in [4.78, 5) is 0. The lowest BCUT2D eigenvalue weighted by Crippen LogP contribution is -1.92. The molecule has 64 valence electrons. The predicted molar refractivity (Wildman–Crippen MR) is 53.3 cm³/mol. The standard InChI is InChI=1S/C9H11NOS/c1-11-8-5-3-4-7(6-8)9(10)12-2/h3-6,10H,1-2H3. The van der Waals surface area contributed by atoms with Gasteiger partial charge in [-0.3, -0.25) is 5.41 Å². The zero-order chi connectivity index (χ0) is 8.97. The summed E-state index contributed by atoms with van der Waals surface area (Å²) < 4.78 is 5.04. The van der Waals surface area contributed by atoms with E-state index in [0.717, 1.165) is 11.3 Å². The number of methoxy groups -OCH3 is 1. The van der Waals surface area contributed by atoms with E-state index in [0.29, 0.717) is 5.04 Å². The van der Waals surface area contributed by atoms with Gasteiger partial charge in [-0.15, -0.1) is 11.8 Å². The average Bonchev–Trinajstić information content (AvgIpc) is 2.17. The molecule has 0 saturated heterocycles. The molecule has 0 heterocycles. The zero-order valence-electron chi connectivity index (χ0n) is 7.13. The van der Waals surface area contributed by atoms with Gasteiger partial charge in [-0.1, -0.05) is 12.1 Å². The van der Waals surface area contributed by atoms with Gasteiger partial charge in [-0.25, -0.2) is 0 Å². The summed E-state index contributed by atoms with van der Waals surface area (Å²) >= 11 is 1.42. The van der Waals surface area contributed by atoms with Crippen LogP contribution in [0.4, 0.5) is 0 Å². The second kappa shape index (κ2) is 4.16. The Bertz CT molecular complexity index is 286. The van der Waals surface area contributed by atoms with E-state index in [2.05, 4.69) is 0 Å². The highest BCUT2D eigenvalue weighted by molar-refractivity contribution is 8.13. The highest BCUT2D eigenvalue weighted by Crippen LogP contribution is 2.16. The van der Waals surface area contributed by atoms with E-state index in [1.807, 2.05) is 30.5 Å². The Morgan fingerprint density at radius 3 is 2.83 bits per heavy atom. The predicted octanol–water partition coefficient (Wildman–Crippen LogP) is 2.38. The smallest absolute Gasteiger partial charge is 0.119 e. The van der Waals surface area contributed by atoms with E-state index in [-0.39, 0.29) is 0 Å². The van der Waals surface area contributed by atoms with Crippen molar-refractivity contribution in [2.75, 3.05) is 13.4 Å². The molecule has 0 saturated carbocycles. The molecule has 0 fully saturated rings. The molecule has 0 unspecified atom stereocenters. The van der Waals surface area contributed by atoms with Crippen molar-refractivity contribution in [1.29, 1.82) is 5.41 Å². The van der Waals surface area contributed by atoms with Crippen LogP contribution in [-0.4, -0.2) is 18.4 Å². The van der Waals surface area contributed by atoms with Crippen molar-refractivity contribution in [1.82, 2.24) is 0 Å². The van der Waals surface area contributed by atoms with Crippen molar-refractivity contribution in [2.24, 2.45) is 0 Å². The quantitative estimate of drug-likeness (QED) is 0.561. The van der Waals surface area contributed by atoms with Gasteiger partial charge >= 0.3 is 0 Å². The van der Waals surface area contributed by atoms with Gasteiger partial charge in [-0.05, 0) is 18.4 Å². The first-order valence-electron chi connectivity index (χ1n) is 3.55. The summed E-state index contributed by atoms with van der Waals surface area (Å²) in [6.07, 6.45) is 1.89. The SMILES string of the molecule is COc1cccc(C(=N)SC)c1. The Balaban J connectivity index is 2.93. The van der Waals surface area contributed by atoms with Crippen molar-refractivity contribution < 1.29 is 4.74 Å². The van der Waals surface area contributed by atoms with Crippen LogP contribution in [-0.2, 0) is 0 Å². The Morgan fingerprint density at radius 2 is 2.25 bits per heavy atom. The van der Waals surface area contributed by atoms with Crippen LogP contribution in [0, 0.1) is 5.41 Å². The van der Waals surface area contributed by atoms with Gasteiger partial charge in [0.1, 0.15) is 5.75 Å². The molecular formula is C9H11NOS. The van der Waals surface area contributed by atoms with E-state index in [4.69, 9.17) is 10.1 Å².